The molecule has 0 unspecified atom stereocenters. The van der Waals surface area contributed by atoms with E-state index in [2.05, 4.69) is 28.2 Å². The van der Waals surface area contributed by atoms with Crippen molar-refractivity contribution in [2.75, 3.05) is 13.6 Å². The fourth-order valence-electron chi connectivity index (χ4n) is 1.17. The maximum absolute atomic E-state index is 4.24. The highest BCUT2D eigenvalue weighted by Crippen LogP contribution is 2.18. The normalized spacial score (nSPS) is 9.79. The highest BCUT2D eigenvalue weighted by atomic mass is 32.1. The maximum Gasteiger partial charge on any atom is 0.0824 e. The van der Waals surface area contributed by atoms with Crippen LogP contribution < -0.4 is 5.32 Å². The molecule has 0 aliphatic heterocycles. The molecule has 0 aliphatic carbocycles. The van der Waals surface area contributed by atoms with Gasteiger partial charge in [0, 0.05) is 5.56 Å². The smallest absolute Gasteiger partial charge is 0.0824 e. The second-order valence-electron chi connectivity index (χ2n) is 2.87. The van der Waals surface area contributed by atoms with Gasteiger partial charge in [-0.05, 0) is 25.2 Å². The van der Waals surface area contributed by atoms with Gasteiger partial charge in [-0.2, -0.15) is 0 Å². The van der Waals surface area contributed by atoms with Crippen LogP contribution in [-0.2, 0) is 0 Å². The van der Waals surface area contributed by atoms with E-state index < -0.39 is 0 Å². The molecule has 0 bridgehead atoms. The summed E-state index contributed by atoms with van der Waals surface area (Å²) in [5.74, 6) is 6.10. The summed E-state index contributed by atoms with van der Waals surface area (Å²) in [5.41, 5.74) is 3.92. The Morgan fingerprint density at radius 2 is 2.43 bits per heavy atom. The number of aromatic nitrogens is 1. The number of thiazole rings is 1. The summed E-state index contributed by atoms with van der Waals surface area (Å²) in [6.07, 6.45) is 0. The second kappa shape index (κ2) is 4.23. The third-order valence-electron chi connectivity index (χ3n) is 1.83. The van der Waals surface area contributed by atoms with E-state index in [1.165, 1.54) is 4.70 Å². The molecule has 1 aromatic carbocycles. The van der Waals surface area contributed by atoms with Crippen LogP contribution in [0, 0.1) is 11.8 Å². The van der Waals surface area contributed by atoms with Crippen molar-refractivity contribution in [3.63, 3.8) is 0 Å². The molecule has 0 saturated heterocycles. The molecule has 2 nitrogen and oxygen atoms in total. The predicted molar refractivity (Wildman–Crippen MR) is 60.4 cm³/mol. The summed E-state index contributed by atoms with van der Waals surface area (Å²) in [6.45, 7) is 0.717. The minimum Gasteiger partial charge on any atom is -0.309 e. The van der Waals surface area contributed by atoms with Crippen LogP contribution in [0.25, 0.3) is 10.2 Å². The van der Waals surface area contributed by atoms with E-state index in [1.54, 1.807) is 11.3 Å². The molecule has 1 aromatic heterocycles. The zero-order chi connectivity index (χ0) is 9.80. The van der Waals surface area contributed by atoms with Crippen LogP contribution in [0.2, 0.25) is 0 Å². The van der Waals surface area contributed by atoms with Crippen molar-refractivity contribution in [2.45, 2.75) is 0 Å². The molecule has 1 heterocycles. The molecule has 0 radical (unpaired) electrons. The zero-order valence-electron chi connectivity index (χ0n) is 7.87. The Morgan fingerprint density at radius 1 is 1.50 bits per heavy atom. The molecule has 0 fully saturated rings. The Hall–Kier alpha value is -1.37. The van der Waals surface area contributed by atoms with Gasteiger partial charge in [0.05, 0.1) is 22.3 Å². The third-order valence-corrected chi connectivity index (χ3v) is 2.64. The maximum atomic E-state index is 4.24. The first kappa shape index (κ1) is 9.20. The van der Waals surface area contributed by atoms with Crippen LogP contribution in [0.4, 0.5) is 0 Å². The van der Waals surface area contributed by atoms with Crippen LogP contribution in [0.15, 0.2) is 23.7 Å². The Labute approximate surface area is 87.0 Å². The second-order valence-corrected chi connectivity index (χ2v) is 3.75. The van der Waals surface area contributed by atoms with Gasteiger partial charge in [-0.1, -0.05) is 11.8 Å². The van der Waals surface area contributed by atoms with Crippen molar-refractivity contribution < 1.29 is 0 Å². The number of nitrogens with zero attached hydrogens (tertiary/aromatic N) is 1. The lowest BCUT2D eigenvalue weighted by atomic mass is 10.2. The molecule has 70 valence electrons. The highest BCUT2D eigenvalue weighted by Gasteiger charge is 1.95. The molecule has 0 aliphatic rings. The summed E-state index contributed by atoms with van der Waals surface area (Å²) < 4.78 is 1.21. The van der Waals surface area contributed by atoms with E-state index in [0.29, 0.717) is 0 Å². The van der Waals surface area contributed by atoms with Crippen LogP contribution in [0.3, 0.4) is 0 Å². The fourth-order valence-corrected chi connectivity index (χ4v) is 1.83. The van der Waals surface area contributed by atoms with E-state index >= 15 is 0 Å². The van der Waals surface area contributed by atoms with Gasteiger partial charge >= 0.3 is 0 Å². The lowest BCUT2D eigenvalue weighted by Gasteiger charge is -1.90. The lowest BCUT2D eigenvalue weighted by molar-refractivity contribution is 0.938. The van der Waals surface area contributed by atoms with Crippen molar-refractivity contribution in [1.29, 1.82) is 0 Å². The summed E-state index contributed by atoms with van der Waals surface area (Å²) in [5, 5.41) is 2.98. The molecule has 0 atom stereocenters. The first-order valence-corrected chi connectivity index (χ1v) is 5.25. The van der Waals surface area contributed by atoms with Gasteiger partial charge < -0.3 is 5.32 Å². The molecule has 2 aromatic rings. The van der Waals surface area contributed by atoms with Gasteiger partial charge in [-0.25, -0.2) is 4.98 Å². The first-order valence-electron chi connectivity index (χ1n) is 4.37. The monoisotopic (exact) mass is 202 g/mol. The largest absolute Gasteiger partial charge is 0.309 e. The number of hydrogen-bond donors (Lipinski definition) is 1. The summed E-state index contributed by atoms with van der Waals surface area (Å²) in [4.78, 5) is 4.24. The van der Waals surface area contributed by atoms with Gasteiger partial charge in [0.1, 0.15) is 0 Å². The molecule has 0 amide bonds. The Balaban J connectivity index is 2.31. The van der Waals surface area contributed by atoms with Gasteiger partial charge in [0.25, 0.3) is 0 Å². The Bertz CT molecular complexity index is 490. The van der Waals surface area contributed by atoms with E-state index in [1.807, 2.05) is 24.7 Å². The van der Waals surface area contributed by atoms with Crippen molar-refractivity contribution in [1.82, 2.24) is 10.3 Å². The van der Waals surface area contributed by atoms with Crippen molar-refractivity contribution in [2.24, 2.45) is 0 Å². The van der Waals surface area contributed by atoms with Crippen LogP contribution >= 0.6 is 11.3 Å². The molecule has 2 rings (SSSR count). The highest BCUT2D eigenvalue weighted by molar-refractivity contribution is 7.16. The van der Waals surface area contributed by atoms with Crippen LogP contribution in [0.5, 0.6) is 0 Å². The molecule has 0 saturated carbocycles. The van der Waals surface area contributed by atoms with Crippen molar-refractivity contribution in [3.8, 4) is 11.8 Å². The minimum atomic E-state index is 0.717. The van der Waals surface area contributed by atoms with E-state index in [0.717, 1.165) is 17.6 Å². The van der Waals surface area contributed by atoms with Gasteiger partial charge in [0.2, 0.25) is 0 Å². The van der Waals surface area contributed by atoms with Gasteiger partial charge in [-0.3, -0.25) is 0 Å². The number of benzene rings is 1. The number of fused-ring (bicyclic) bond motifs is 1. The summed E-state index contributed by atoms with van der Waals surface area (Å²) >= 11 is 1.65. The Kier molecular flexibility index (Phi) is 2.78. The minimum absolute atomic E-state index is 0.717. The van der Waals surface area contributed by atoms with Crippen LogP contribution in [-0.4, -0.2) is 18.6 Å². The number of hydrogen-bond acceptors (Lipinski definition) is 3. The number of rotatable bonds is 1. The molecule has 1 N–H and O–H groups in total. The molecular formula is C11H10N2S. The lowest BCUT2D eigenvalue weighted by Crippen LogP contribution is -2.04. The van der Waals surface area contributed by atoms with E-state index in [-0.39, 0.29) is 0 Å². The average Bonchev–Trinajstić information content (AvgIpc) is 2.65. The van der Waals surface area contributed by atoms with Crippen molar-refractivity contribution >= 4 is 21.6 Å². The summed E-state index contributed by atoms with van der Waals surface area (Å²) in [7, 11) is 1.89. The fraction of sp³-hybridized carbons (Fsp3) is 0.182. The van der Waals surface area contributed by atoms with E-state index in [9.17, 15) is 0 Å². The first-order chi connectivity index (χ1) is 6.90. The Morgan fingerprint density at radius 3 is 3.29 bits per heavy atom. The van der Waals surface area contributed by atoms with Crippen LogP contribution in [0.1, 0.15) is 5.56 Å². The zero-order valence-corrected chi connectivity index (χ0v) is 8.69. The molecule has 0 spiro atoms. The molecule has 3 heteroatoms. The SMILES string of the molecule is CNCC#Cc1ccc2scnc2c1. The standard InChI is InChI=1S/C11H10N2S/c1-12-6-2-3-9-4-5-11-10(7-9)13-8-14-11/h4-5,7-8,12H,6H2,1H3. The third kappa shape index (κ3) is 1.92. The van der Waals surface area contributed by atoms with Crippen molar-refractivity contribution in [3.05, 3.63) is 29.3 Å². The van der Waals surface area contributed by atoms with E-state index in [4.69, 9.17) is 0 Å². The summed E-state index contributed by atoms with van der Waals surface area (Å²) in [6, 6.07) is 6.12. The topological polar surface area (TPSA) is 24.9 Å². The van der Waals surface area contributed by atoms with Gasteiger partial charge in [-0.15, -0.1) is 11.3 Å². The number of nitrogens with one attached hydrogen (secondary N) is 1. The average molecular weight is 202 g/mol. The molecular weight excluding hydrogens is 192 g/mol. The quantitative estimate of drug-likeness (QED) is 0.714. The van der Waals surface area contributed by atoms with Gasteiger partial charge in [0.15, 0.2) is 0 Å². The predicted octanol–water partition coefficient (Wildman–Crippen LogP) is 1.87. The molecule has 14 heavy (non-hydrogen) atoms.